The molecular formula is C13H18FN3O. The molecule has 0 aliphatic carbocycles. The minimum Gasteiger partial charge on any atom is -0.377 e. The highest BCUT2D eigenvalue weighted by molar-refractivity contribution is 5.44. The third-order valence-electron chi connectivity index (χ3n) is 3.79. The van der Waals surface area contributed by atoms with Gasteiger partial charge in [0.25, 0.3) is 0 Å². The number of anilines is 1. The molecule has 2 atom stereocenters. The molecule has 0 bridgehead atoms. The molecule has 2 aliphatic rings. The van der Waals surface area contributed by atoms with Crippen molar-refractivity contribution in [3.63, 3.8) is 0 Å². The average Bonchev–Trinajstić information content (AvgIpc) is 2.86. The van der Waals surface area contributed by atoms with Gasteiger partial charge in [0.05, 0.1) is 19.3 Å². The van der Waals surface area contributed by atoms with E-state index in [-0.39, 0.29) is 12.6 Å². The summed E-state index contributed by atoms with van der Waals surface area (Å²) in [7, 11) is 0. The SMILES string of the molecule is F[C@@H]1COC[C@H]1N1CCN(c2ccncc2)CC1. The Balaban J connectivity index is 1.58. The Morgan fingerprint density at radius 3 is 2.44 bits per heavy atom. The van der Waals surface area contributed by atoms with Crippen LogP contribution in [-0.4, -0.2) is 61.5 Å². The van der Waals surface area contributed by atoms with E-state index >= 15 is 0 Å². The summed E-state index contributed by atoms with van der Waals surface area (Å²) >= 11 is 0. The number of piperazine rings is 1. The van der Waals surface area contributed by atoms with Crippen molar-refractivity contribution in [1.29, 1.82) is 0 Å². The lowest BCUT2D eigenvalue weighted by Crippen LogP contribution is -2.53. The fourth-order valence-corrected chi connectivity index (χ4v) is 2.72. The van der Waals surface area contributed by atoms with Gasteiger partial charge in [-0.1, -0.05) is 0 Å². The van der Waals surface area contributed by atoms with Gasteiger partial charge in [-0.25, -0.2) is 4.39 Å². The quantitative estimate of drug-likeness (QED) is 0.782. The van der Waals surface area contributed by atoms with Crippen molar-refractivity contribution in [1.82, 2.24) is 9.88 Å². The van der Waals surface area contributed by atoms with E-state index in [1.807, 2.05) is 24.5 Å². The minimum atomic E-state index is -0.822. The summed E-state index contributed by atoms with van der Waals surface area (Å²) in [6.07, 6.45) is 2.80. The Kier molecular flexibility index (Phi) is 3.43. The third kappa shape index (κ3) is 2.33. The van der Waals surface area contributed by atoms with Crippen LogP contribution in [0.15, 0.2) is 24.5 Å². The predicted octanol–water partition coefficient (Wildman–Crippen LogP) is 0.940. The molecular weight excluding hydrogens is 233 g/mol. The van der Waals surface area contributed by atoms with Gasteiger partial charge in [0, 0.05) is 44.3 Å². The molecule has 0 spiro atoms. The zero-order valence-electron chi connectivity index (χ0n) is 10.3. The molecule has 0 saturated carbocycles. The van der Waals surface area contributed by atoms with Crippen molar-refractivity contribution in [2.24, 2.45) is 0 Å². The molecule has 0 aromatic carbocycles. The van der Waals surface area contributed by atoms with Crippen molar-refractivity contribution >= 4 is 5.69 Å². The molecule has 0 unspecified atom stereocenters. The van der Waals surface area contributed by atoms with Crippen LogP contribution in [0, 0.1) is 0 Å². The van der Waals surface area contributed by atoms with Crippen LogP contribution in [0.5, 0.6) is 0 Å². The molecule has 3 heterocycles. The van der Waals surface area contributed by atoms with Crippen molar-refractivity contribution in [3.05, 3.63) is 24.5 Å². The summed E-state index contributed by atoms with van der Waals surface area (Å²) in [4.78, 5) is 8.56. The first-order valence-corrected chi connectivity index (χ1v) is 6.45. The molecule has 2 aliphatic heterocycles. The molecule has 1 aromatic rings. The van der Waals surface area contributed by atoms with Gasteiger partial charge in [-0.2, -0.15) is 0 Å². The van der Waals surface area contributed by atoms with Crippen molar-refractivity contribution < 1.29 is 9.13 Å². The predicted molar refractivity (Wildman–Crippen MR) is 67.5 cm³/mol. The summed E-state index contributed by atoms with van der Waals surface area (Å²) in [5.74, 6) is 0. The highest BCUT2D eigenvalue weighted by atomic mass is 19.1. The molecule has 98 valence electrons. The Bertz CT molecular complexity index is 381. The normalized spacial score (nSPS) is 29.7. The largest absolute Gasteiger partial charge is 0.377 e. The highest BCUT2D eigenvalue weighted by Crippen LogP contribution is 2.20. The Morgan fingerprint density at radius 2 is 1.83 bits per heavy atom. The number of aromatic nitrogens is 1. The van der Waals surface area contributed by atoms with Crippen LogP contribution >= 0.6 is 0 Å². The van der Waals surface area contributed by atoms with Crippen LogP contribution in [-0.2, 0) is 4.74 Å². The van der Waals surface area contributed by atoms with E-state index < -0.39 is 6.17 Å². The van der Waals surface area contributed by atoms with Gasteiger partial charge in [-0.15, -0.1) is 0 Å². The molecule has 3 rings (SSSR count). The average molecular weight is 251 g/mol. The van der Waals surface area contributed by atoms with Crippen molar-refractivity contribution in [2.45, 2.75) is 12.2 Å². The summed E-state index contributed by atoms with van der Waals surface area (Å²) in [5.41, 5.74) is 1.20. The number of hydrogen-bond acceptors (Lipinski definition) is 4. The maximum Gasteiger partial charge on any atom is 0.141 e. The van der Waals surface area contributed by atoms with Gasteiger partial charge in [0.15, 0.2) is 0 Å². The fourth-order valence-electron chi connectivity index (χ4n) is 2.72. The van der Waals surface area contributed by atoms with Crippen LogP contribution in [0.25, 0.3) is 0 Å². The maximum atomic E-state index is 13.6. The van der Waals surface area contributed by atoms with E-state index in [9.17, 15) is 4.39 Å². The second-order valence-electron chi connectivity index (χ2n) is 4.85. The van der Waals surface area contributed by atoms with Gasteiger partial charge in [0.2, 0.25) is 0 Å². The Hall–Kier alpha value is -1.20. The van der Waals surface area contributed by atoms with Crippen molar-refractivity contribution in [2.75, 3.05) is 44.3 Å². The monoisotopic (exact) mass is 251 g/mol. The van der Waals surface area contributed by atoms with Crippen LogP contribution in [0.3, 0.4) is 0 Å². The topological polar surface area (TPSA) is 28.6 Å². The number of ether oxygens (including phenoxy) is 1. The summed E-state index contributed by atoms with van der Waals surface area (Å²) in [5, 5.41) is 0. The molecule has 0 N–H and O–H groups in total. The van der Waals surface area contributed by atoms with Gasteiger partial charge < -0.3 is 9.64 Å². The first kappa shape index (κ1) is 11.9. The smallest absolute Gasteiger partial charge is 0.141 e. The van der Waals surface area contributed by atoms with E-state index in [1.54, 1.807) is 0 Å². The molecule has 2 fully saturated rings. The van der Waals surface area contributed by atoms with E-state index in [1.165, 1.54) is 5.69 Å². The van der Waals surface area contributed by atoms with E-state index in [0.29, 0.717) is 6.61 Å². The zero-order chi connectivity index (χ0) is 12.4. The first-order chi connectivity index (χ1) is 8.84. The molecule has 2 saturated heterocycles. The fraction of sp³-hybridized carbons (Fsp3) is 0.615. The minimum absolute atomic E-state index is 0.0374. The van der Waals surface area contributed by atoms with Gasteiger partial charge in [-0.05, 0) is 12.1 Å². The highest BCUT2D eigenvalue weighted by Gasteiger charge is 2.34. The molecule has 5 heteroatoms. The van der Waals surface area contributed by atoms with Crippen LogP contribution < -0.4 is 4.90 Å². The molecule has 1 aromatic heterocycles. The second-order valence-corrected chi connectivity index (χ2v) is 4.85. The molecule has 0 amide bonds. The number of alkyl halides is 1. The number of hydrogen-bond donors (Lipinski definition) is 0. The number of pyridine rings is 1. The maximum absolute atomic E-state index is 13.6. The van der Waals surface area contributed by atoms with E-state index in [0.717, 1.165) is 26.2 Å². The first-order valence-electron chi connectivity index (χ1n) is 6.45. The molecule has 18 heavy (non-hydrogen) atoms. The third-order valence-corrected chi connectivity index (χ3v) is 3.79. The van der Waals surface area contributed by atoms with Crippen LogP contribution in [0.2, 0.25) is 0 Å². The van der Waals surface area contributed by atoms with Crippen molar-refractivity contribution in [3.8, 4) is 0 Å². The summed E-state index contributed by atoms with van der Waals surface area (Å²) < 4.78 is 18.8. The summed E-state index contributed by atoms with van der Waals surface area (Å²) in [6, 6.07) is 4.00. The van der Waals surface area contributed by atoms with Gasteiger partial charge in [-0.3, -0.25) is 9.88 Å². The number of halogens is 1. The van der Waals surface area contributed by atoms with Crippen LogP contribution in [0.1, 0.15) is 0 Å². The van der Waals surface area contributed by atoms with Gasteiger partial charge in [0.1, 0.15) is 6.17 Å². The van der Waals surface area contributed by atoms with E-state index in [4.69, 9.17) is 4.74 Å². The zero-order valence-corrected chi connectivity index (χ0v) is 10.3. The lowest BCUT2D eigenvalue weighted by atomic mass is 10.1. The Labute approximate surface area is 106 Å². The second kappa shape index (κ2) is 5.20. The number of nitrogens with zero attached hydrogens (tertiary/aromatic N) is 3. The van der Waals surface area contributed by atoms with E-state index in [2.05, 4.69) is 14.8 Å². The van der Waals surface area contributed by atoms with Gasteiger partial charge >= 0.3 is 0 Å². The molecule has 0 radical (unpaired) electrons. The number of rotatable bonds is 2. The lowest BCUT2D eigenvalue weighted by Gasteiger charge is -2.39. The molecule has 4 nitrogen and oxygen atoms in total. The lowest BCUT2D eigenvalue weighted by molar-refractivity contribution is 0.127. The van der Waals surface area contributed by atoms with Crippen LogP contribution in [0.4, 0.5) is 10.1 Å². The Morgan fingerprint density at radius 1 is 1.11 bits per heavy atom. The summed E-state index contributed by atoms with van der Waals surface area (Å²) in [6.45, 7) is 4.47. The standard InChI is InChI=1S/C13H18FN3O/c14-12-9-18-10-13(12)17-7-5-16(6-8-17)11-1-3-15-4-2-11/h1-4,12-13H,5-10H2/t12-,13-/m1/s1.